The quantitative estimate of drug-likeness (QED) is 0.309. The SMILES string of the molecule is CC(C)(C)[C@H](NC(=O)NC1CCCCC1)C(=O)C1CC2(c3ccccc32)C1C(=O)NC(C(=O)C(=O)NC1CC1)C1CCC1. The first-order chi connectivity index (χ1) is 20.5. The van der Waals surface area contributed by atoms with Crippen molar-refractivity contribution >= 4 is 29.4 Å². The molecular formula is C34H46N4O5. The molecule has 0 aromatic heterocycles. The monoisotopic (exact) mass is 590 g/mol. The molecule has 0 saturated heterocycles. The molecule has 1 aromatic carbocycles. The Bertz CT molecular complexity index is 1280. The van der Waals surface area contributed by atoms with Gasteiger partial charge >= 0.3 is 6.03 Å². The van der Waals surface area contributed by atoms with Gasteiger partial charge in [0.2, 0.25) is 11.7 Å². The van der Waals surface area contributed by atoms with Crippen LogP contribution in [0.1, 0.15) is 103 Å². The van der Waals surface area contributed by atoms with Crippen LogP contribution in [0.2, 0.25) is 0 Å². The Morgan fingerprint density at radius 2 is 1.42 bits per heavy atom. The maximum absolute atomic E-state index is 14.3. The molecule has 1 spiro atoms. The Labute approximate surface area is 254 Å². The van der Waals surface area contributed by atoms with Crippen molar-refractivity contribution in [1.29, 1.82) is 0 Å². The van der Waals surface area contributed by atoms with Gasteiger partial charge in [-0.2, -0.15) is 0 Å². The van der Waals surface area contributed by atoms with Gasteiger partial charge in [0.25, 0.3) is 5.91 Å². The fourth-order valence-corrected chi connectivity index (χ4v) is 7.73. The molecule has 4 saturated carbocycles. The average molecular weight is 591 g/mol. The van der Waals surface area contributed by atoms with Crippen LogP contribution in [0, 0.1) is 23.2 Å². The number of urea groups is 1. The Kier molecular flexibility index (Phi) is 7.88. The Hall–Kier alpha value is -3.23. The Morgan fingerprint density at radius 1 is 0.791 bits per heavy atom. The molecule has 4 amide bonds. The van der Waals surface area contributed by atoms with E-state index < -0.39 is 46.4 Å². The van der Waals surface area contributed by atoms with Gasteiger partial charge in [-0.15, -0.1) is 0 Å². The lowest BCUT2D eigenvalue weighted by atomic mass is 9.55. The van der Waals surface area contributed by atoms with Crippen molar-refractivity contribution in [2.45, 2.75) is 121 Å². The predicted molar refractivity (Wildman–Crippen MR) is 161 cm³/mol. The number of ketones is 2. The summed E-state index contributed by atoms with van der Waals surface area (Å²) in [6.07, 6.45) is 9.96. The normalized spacial score (nSPS) is 25.7. The molecule has 4 fully saturated rings. The number of carbonyl (C=O) groups is 5. The van der Waals surface area contributed by atoms with Crippen molar-refractivity contribution in [2.24, 2.45) is 23.2 Å². The molecule has 3 unspecified atom stereocenters. The molecule has 6 rings (SSSR count). The summed E-state index contributed by atoms with van der Waals surface area (Å²) in [5.74, 6) is -3.15. The predicted octanol–water partition coefficient (Wildman–Crippen LogP) is 3.67. The maximum Gasteiger partial charge on any atom is 0.315 e. The van der Waals surface area contributed by atoms with Crippen molar-refractivity contribution in [1.82, 2.24) is 21.3 Å². The summed E-state index contributed by atoms with van der Waals surface area (Å²) in [4.78, 5) is 67.6. The van der Waals surface area contributed by atoms with E-state index in [1.165, 1.54) is 6.42 Å². The molecule has 1 aromatic rings. The van der Waals surface area contributed by atoms with Gasteiger partial charge in [-0.1, -0.05) is 70.7 Å². The molecule has 232 valence electrons. The second-order valence-corrected chi connectivity index (χ2v) is 14.7. The van der Waals surface area contributed by atoms with Crippen LogP contribution >= 0.6 is 0 Å². The molecule has 5 aliphatic rings. The third-order valence-corrected chi connectivity index (χ3v) is 10.7. The number of nitrogens with one attached hydrogen (secondary N) is 4. The van der Waals surface area contributed by atoms with Crippen LogP contribution in [0.4, 0.5) is 4.79 Å². The van der Waals surface area contributed by atoms with Gasteiger partial charge in [0.1, 0.15) is 6.04 Å². The summed E-state index contributed by atoms with van der Waals surface area (Å²) >= 11 is 0. The molecule has 0 heterocycles. The fourth-order valence-electron chi connectivity index (χ4n) is 7.73. The maximum atomic E-state index is 14.3. The van der Waals surface area contributed by atoms with Gasteiger partial charge in [0, 0.05) is 23.4 Å². The van der Waals surface area contributed by atoms with Gasteiger partial charge in [-0.3, -0.25) is 19.2 Å². The smallest absolute Gasteiger partial charge is 0.315 e. The highest BCUT2D eigenvalue weighted by molar-refractivity contribution is 6.38. The van der Waals surface area contributed by atoms with Crippen molar-refractivity contribution < 1.29 is 24.0 Å². The fraction of sp³-hybridized carbons (Fsp3) is 0.676. The molecule has 4 N–H and O–H groups in total. The first kappa shape index (κ1) is 29.8. The lowest BCUT2D eigenvalue weighted by Gasteiger charge is -2.47. The molecule has 4 atom stereocenters. The van der Waals surface area contributed by atoms with Crippen LogP contribution in [-0.4, -0.2) is 53.6 Å². The van der Waals surface area contributed by atoms with Crippen LogP contribution < -0.4 is 21.3 Å². The van der Waals surface area contributed by atoms with Crippen molar-refractivity contribution in [3.63, 3.8) is 0 Å². The van der Waals surface area contributed by atoms with E-state index in [9.17, 15) is 24.0 Å². The van der Waals surface area contributed by atoms with E-state index in [0.29, 0.717) is 6.42 Å². The third kappa shape index (κ3) is 5.72. The number of hydrogen-bond donors (Lipinski definition) is 4. The zero-order chi connectivity index (χ0) is 30.5. The number of benzene rings is 1. The van der Waals surface area contributed by atoms with E-state index in [4.69, 9.17) is 0 Å². The minimum atomic E-state index is -0.895. The van der Waals surface area contributed by atoms with E-state index >= 15 is 0 Å². The van der Waals surface area contributed by atoms with E-state index in [1.54, 1.807) is 0 Å². The summed E-state index contributed by atoms with van der Waals surface area (Å²) in [7, 11) is 0. The lowest BCUT2D eigenvalue weighted by molar-refractivity contribution is -0.148. The highest BCUT2D eigenvalue weighted by Crippen LogP contribution is 2.68. The molecule has 9 heteroatoms. The number of carbonyl (C=O) groups excluding carboxylic acids is 5. The largest absolute Gasteiger partial charge is 0.347 e. The summed E-state index contributed by atoms with van der Waals surface area (Å²) in [6, 6.07) is 6.01. The van der Waals surface area contributed by atoms with Crippen LogP contribution in [-0.2, 0) is 24.6 Å². The van der Waals surface area contributed by atoms with E-state index in [1.807, 2.05) is 45.0 Å². The zero-order valence-electron chi connectivity index (χ0n) is 25.7. The van der Waals surface area contributed by atoms with Gasteiger partial charge in [0.05, 0.1) is 12.0 Å². The average Bonchev–Trinajstić information content (AvgIpc) is 3.84. The number of amides is 4. The number of hydrogen-bond acceptors (Lipinski definition) is 5. The Morgan fingerprint density at radius 3 is 1.98 bits per heavy atom. The molecule has 43 heavy (non-hydrogen) atoms. The van der Waals surface area contributed by atoms with Gasteiger partial charge < -0.3 is 21.3 Å². The summed E-state index contributed by atoms with van der Waals surface area (Å²) < 4.78 is 0. The van der Waals surface area contributed by atoms with Crippen LogP contribution in [0.15, 0.2) is 24.3 Å². The summed E-state index contributed by atoms with van der Waals surface area (Å²) in [6.45, 7) is 5.78. The highest BCUT2D eigenvalue weighted by atomic mass is 16.2. The summed E-state index contributed by atoms with van der Waals surface area (Å²) in [5.41, 5.74) is 1.01. The molecule has 5 aliphatic carbocycles. The highest BCUT2D eigenvalue weighted by Gasteiger charge is 2.70. The van der Waals surface area contributed by atoms with Crippen LogP contribution in [0.5, 0.6) is 0 Å². The molecule has 0 aliphatic heterocycles. The van der Waals surface area contributed by atoms with E-state index in [2.05, 4.69) is 21.3 Å². The molecular weight excluding hydrogens is 544 g/mol. The van der Waals surface area contributed by atoms with Crippen molar-refractivity contribution in [3.05, 3.63) is 35.4 Å². The van der Waals surface area contributed by atoms with Gasteiger partial charge in [-0.25, -0.2) is 4.79 Å². The number of Topliss-reactive ketones (excluding diaryl/α,β-unsaturated/α-hetero) is 2. The number of rotatable bonds is 10. The standard InChI is InChI=1S/C34H46N4O5/c1-33(2,3)29(38-32(43)36-20-12-5-4-6-13-20)27(39)22-18-34(23-14-7-8-15-24(23)34)25(22)30(41)37-26(19-10-9-11-19)28(40)31(42)35-21-16-17-21/h7-8,14-15,19-22,25-26,29H,4-6,9-13,16-18H2,1-3H3,(H,35,42)(H,37,41)(H2,36,38,43)/t22?,25?,26?,29-/m1/s1. The molecule has 0 bridgehead atoms. The van der Waals surface area contributed by atoms with Crippen molar-refractivity contribution in [3.8, 4) is 0 Å². The second kappa shape index (κ2) is 11.4. The zero-order valence-corrected chi connectivity index (χ0v) is 25.7. The van der Waals surface area contributed by atoms with Crippen molar-refractivity contribution in [2.75, 3.05) is 0 Å². The first-order valence-corrected chi connectivity index (χ1v) is 16.4. The van der Waals surface area contributed by atoms with E-state index in [0.717, 1.165) is 68.9 Å². The second-order valence-electron chi connectivity index (χ2n) is 14.7. The van der Waals surface area contributed by atoms with Crippen LogP contribution in [0.3, 0.4) is 0 Å². The lowest BCUT2D eigenvalue weighted by Crippen LogP contribution is -2.63. The summed E-state index contributed by atoms with van der Waals surface area (Å²) in [5, 5.41) is 11.8. The van der Waals surface area contributed by atoms with Gasteiger partial charge in [0.15, 0.2) is 5.78 Å². The Balaban J connectivity index is 1.21. The topological polar surface area (TPSA) is 133 Å². The van der Waals surface area contributed by atoms with E-state index in [-0.39, 0.29) is 35.7 Å². The van der Waals surface area contributed by atoms with Gasteiger partial charge in [-0.05, 0) is 67.4 Å². The van der Waals surface area contributed by atoms with Crippen LogP contribution in [0.25, 0.3) is 0 Å². The molecule has 0 radical (unpaired) electrons. The minimum absolute atomic E-state index is 0.0456. The number of fused-ring (bicyclic) bond motifs is 3. The third-order valence-electron chi connectivity index (χ3n) is 10.7. The molecule has 9 nitrogen and oxygen atoms in total. The first-order valence-electron chi connectivity index (χ1n) is 16.4. The minimum Gasteiger partial charge on any atom is -0.347 e.